The molecule has 50 heavy (non-hydrogen) atoms. The van der Waals surface area contributed by atoms with Crippen LogP contribution in [0.1, 0.15) is 60.4 Å². The van der Waals surface area contributed by atoms with Crippen LogP contribution in [0.15, 0.2) is 85.5 Å². The Balaban J connectivity index is 1.28. The van der Waals surface area contributed by atoms with Crippen molar-refractivity contribution in [3.8, 4) is 11.5 Å². The van der Waals surface area contributed by atoms with E-state index in [1.165, 1.54) is 31.2 Å². The van der Waals surface area contributed by atoms with Gasteiger partial charge in [-0.15, -0.1) is 6.58 Å². The van der Waals surface area contributed by atoms with Crippen LogP contribution in [-0.4, -0.2) is 70.2 Å². The first kappa shape index (κ1) is 34.1. The maximum Gasteiger partial charge on any atom is 0.416 e. The van der Waals surface area contributed by atoms with Crippen molar-refractivity contribution in [3.05, 3.63) is 113 Å². The van der Waals surface area contributed by atoms with Crippen LogP contribution >= 0.6 is 0 Å². The first-order valence-electron chi connectivity index (χ1n) is 17.2. The molecule has 1 saturated heterocycles. The van der Waals surface area contributed by atoms with Crippen molar-refractivity contribution < 1.29 is 37.3 Å². The van der Waals surface area contributed by atoms with Gasteiger partial charge in [-0.2, -0.15) is 13.2 Å². The summed E-state index contributed by atoms with van der Waals surface area (Å²) in [6.07, 6.45) is 2.82. The second-order valence-electron chi connectivity index (χ2n) is 13.9. The van der Waals surface area contributed by atoms with Crippen molar-refractivity contribution in [1.82, 2.24) is 9.80 Å². The molecule has 262 valence electrons. The first-order valence-corrected chi connectivity index (χ1v) is 17.2. The van der Waals surface area contributed by atoms with Crippen LogP contribution in [0.5, 0.6) is 11.5 Å². The number of carbonyl (C=O) groups excluding carboxylic acids is 2. The number of benzene rings is 3. The number of aliphatic hydroxyl groups is 1. The third-order valence-electron chi connectivity index (χ3n) is 11.2. The fraction of sp³-hybridized carbons (Fsp3) is 0.400. The van der Waals surface area contributed by atoms with Gasteiger partial charge in [0.15, 0.2) is 11.5 Å². The van der Waals surface area contributed by atoms with Gasteiger partial charge in [-0.3, -0.25) is 14.5 Å². The Labute approximate surface area is 290 Å². The number of amides is 1. The number of alkyl halides is 3. The minimum Gasteiger partial charge on any atom is -0.483 e. The number of esters is 1. The average molecular weight is 687 g/mol. The van der Waals surface area contributed by atoms with Crippen LogP contribution in [0, 0.1) is 0 Å². The summed E-state index contributed by atoms with van der Waals surface area (Å²) in [6, 6.07) is 17.9. The predicted molar refractivity (Wildman–Crippen MR) is 183 cm³/mol. The van der Waals surface area contributed by atoms with Crippen molar-refractivity contribution in [2.45, 2.75) is 80.8 Å². The summed E-state index contributed by atoms with van der Waals surface area (Å²) in [6.45, 7) is 6.95. The Morgan fingerprint density at radius 3 is 2.66 bits per heavy atom. The van der Waals surface area contributed by atoms with E-state index in [-0.39, 0.29) is 17.5 Å². The minimum absolute atomic E-state index is 0.206. The molecule has 0 aromatic heterocycles. The molecule has 2 bridgehead atoms. The summed E-state index contributed by atoms with van der Waals surface area (Å²) in [5.74, 6) is -0.103. The van der Waals surface area contributed by atoms with Gasteiger partial charge in [0.25, 0.3) is 0 Å². The normalized spacial score (nSPS) is 26.6. The molecule has 1 amide bonds. The zero-order chi connectivity index (χ0) is 35.3. The Bertz CT molecular complexity index is 1830. The molecule has 7 rings (SSSR count). The van der Waals surface area contributed by atoms with Gasteiger partial charge in [0.2, 0.25) is 5.91 Å². The highest BCUT2D eigenvalue weighted by atomic mass is 19.4. The molecular formula is C40H41F3N2O5. The number of hydrogen-bond acceptors (Lipinski definition) is 6. The highest BCUT2D eigenvalue weighted by molar-refractivity contribution is 5.92. The summed E-state index contributed by atoms with van der Waals surface area (Å²) < 4.78 is 52.9. The van der Waals surface area contributed by atoms with Crippen LogP contribution < -0.4 is 9.47 Å². The lowest BCUT2D eigenvalue weighted by Gasteiger charge is -2.64. The van der Waals surface area contributed by atoms with Crippen LogP contribution in [0.3, 0.4) is 0 Å². The Hall–Kier alpha value is -4.41. The fourth-order valence-corrected chi connectivity index (χ4v) is 9.15. The van der Waals surface area contributed by atoms with Crippen LogP contribution in [0.4, 0.5) is 13.2 Å². The van der Waals surface area contributed by atoms with E-state index < -0.39 is 40.9 Å². The maximum absolute atomic E-state index is 14.3. The summed E-state index contributed by atoms with van der Waals surface area (Å²) in [4.78, 5) is 30.5. The number of likely N-dealkylation sites (tertiary alicyclic amines) is 1. The lowest BCUT2D eigenvalue weighted by atomic mass is 9.48. The lowest BCUT2D eigenvalue weighted by Crippen LogP contribution is -2.78. The van der Waals surface area contributed by atoms with Crippen molar-refractivity contribution >= 4 is 18.0 Å². The fourth-order valence-electron chi connectivity index (χ4n) is 9.15. The SMILES string of the molecule is C=CCN1CC[C@]23c4c5ccc(OC(C)=O)c4O[C@H]2[C@H](N(CCCc2ccccc2)C(=O)C=Cc2cccc(C(F)(F)F)c2)CC[C@@]3(O)[C@H]1C5. The van der Waals surface area contributed by atoms with Gasteiger partial charge in [-0.25, -0.2) is 0 Å². The van der Waals surface area contributed by atoms with E-state index in [1.54, 1.807) is 11.0 Å². The van der Waals surface area contributed by atoms with Crippen LogP contribution in [0.25, 0.3) is 6.08 Å². The van der Waals surface area contributed by atoms with E-state index in [1.807, 2.05) is 42.5 Å². The third-order valence-corrected chi connectivity index (χ3v) is 11.2. The van der Waals surface area contributed by atoms with Gasteiger partial charge < -0.3 is 19.5 Å². The largest absolute Gasteiger partial charge is 0.483 e. The molecule has 3 aromatic rings. The Morgan fingerprint density at radius 1 is 1.12 bits per heavy atom. The summed E-state index contributed by atoms with van der Waals surface area (Å²) in [5, 5.41) is 12.9. The molecule has 2 aliphatic heterocycles. The Morgan fingerprint density at radius 2 is 1.92 bits per heavy atom. The van der Waals surface area contributed by atoms with E-state index in [2.05, 4.69) is 11.5 Å². The summed E-state index contributed by atoms with van der Waals surface area (Å²) >= 11 is 0. The lowest BCUT2D eigenvalue weighted by molar-refractivity contribution is -0.199. The zero-order valence-corrected chi connectivity index (χ0v) is 28.0. The van der Waals surface area contributed by atoms with Gasteiger partial charge in [0, 0.05) is 37.7 Å². The summed E-state index contributed by atoms with van der Waals surface area (Å²) in [7, 11) is 0. The molecule has 7 nitrogen and oxygen atoms in total. The minimum atomic E-state index is -4.51. The quantitative estimate of drug-likeness (QED) is 0.113. The van der Waals surface area contributed by atoms with Crippen LogP contribution in [0.2, 0.25) is 0 Å². The molecule has 1 N–H and O–H groups in total. The standard InChI is InChI=1S/C40H41F3N2O5/c1-3-21-44-23-20-38-35-29-15-16-32(49-26(2)46)36(35)50-37(38)31(18-19-39(38,48)33(44)25-29)45(22-8-12-27-9-5-4-6-10-27)34(47)17-14-28-11-7-13-30(24-28)40(41,42)43/h3-7,9-11,13-17,24,31,33,37,48H,1,8,12,18-23,25H2,2H3/t31-,33-,37+,38+,39-/m1/s1. The van der Waals surface area contributed by atoms with Gasteiger partial charge in [-0.05, 0) is 86.0 Å². The molecule has 2 fully saturated rings. The third kappa shape index (κ3) is 5.72. The number of nitrogens with zero attached hydrogens (tertiary/aromatic N) is 2. The van der Waals surface area contributed by atoms with Gasteiger partial charge in [0.05, 0.1) is 22.6 Å². The highest BCUT2D eigenvalue weighted by Crippen LogP contribution is 2.66. The highest BCUT2D eigenvalue weighted by Gasteiger charge is 2.73. The molecule has 2 heterocycles. The van der Waals surface area contributed by atoms with Crippen molar-refractivity contribution in [1.29, 1.82) is 0 Å². The van der Waals surface area contributed by atoms with E-state index in [4.69, 9.17) is 9.47 Å². The molecule has 1 saturated carbocycles. The van der Waals surface area contributed by atoms with E-state index in [0.717, 1.165) is 35.2 Å². The molecule has 5 atom stereocenters. The van der Waals surface area contributed by atoms with E-state index >= 15 is 0 Å². The molecule has 0 unspecified atom stereocenters. The van der Waals surface area contributed by atoms with Gasteiger partial charge in [-0.1, -0.05) is 54.6 Å². The Kier molecular flexibility index (Phi) is 8.89. The first-order chi connectivity index (χ1) is 24.0. The maximum atomic E-state index is 14.3. The molecule has 1 spiro atoms. The molecule has 3 aromatic carbocycles. The van der Waals surface area contributed by atoms with Crippen molar-refractivity contribution in [3.63, 3.8) is 0 Å². The van der Waals surface area contributed by atoms with Crippen LogP contribution in [-0.2, 0) is 34.0 Å². The van der Waals surface area contributed by atoms with Gasteiger partial charge >= 0.3 is 12.1 Å². The molecular weight excluding hydrogens is 645 g/mol. The number of ether oxygens (including phenoxy) is 2. The second kappa shape index (κ2) is 13.0. The van der Waals surface area contributed by atoms with Crippen molar-refractivity contribution in [2.24, 2.45) is 0 Å². The van der Waals surface area contributed by atoms with Gasteiger partial charge in [0.1, 0.15) is 6.10 Å². The molecule has 2 aliphatic carbocycles. The molecule has 4 aliphatic rings. The number of rotatable bonds is 10. The summed E-state index contributed by atoms with van der Waals surface area (Å²) in [5.41, 5.74) is 0.423. The number of carbonyl (C=O) groups is 2. The zero-order valence-electron chi connectivity index (χ0n) is 28.0. The average Bonchev–Trinajstić information content (AvgIpc) is 3.44. The van der Waals surface area contributed by atoms with Crippen molar-refractivity contribution in [2.75, 3.05) is 19.6 Å². The number of aryl methyl sites for hydroxylation is 1. The smallest absolute Gasteiger partial charge is 0.416 e. The topological polar surface area (TPSA) is 79.3 Å². The second-order valence-corrected chi connectivity index (χ2v) is 13.9. The van der Waals surface area contributed by atoms with E-state index in [9.17, 15) is 27.9 Å². The molecule has 10 heteroatoms. The number of piperidine rings is 1. The predicted octanol–water partition coefficient (Wildman–Crippen LogP) is 6.51. The number of hydrogen-bond donors (Lipinski definition) is 1. The van der Waals surface area contributed by atoms with E-state index in [0.29, 0.717) is 63.2 Å². The molecule has 0 radical (unpaired) electrons. The number of halogens is 3. The monoisotopic (exact) mass is 686 g/mol.